The van der Waals surface area contributed by atoms with Gasteiger partial charge in [-0.15, -0.1) is 0 Å². The molecule has 4 heteroatoms. The number of piperazine rings is 1. The molecule has 3 aliphatic rings. The van der Waals surface area contributed by atoms with Gasteiger partial charge in [0.1, 0.15) is 0 Å². The molecule has 0 saturated carbocycles. The summed E-state index contributed by atoms with van der Waals surface area (Å²) in [5.41, 5.74) is 0. The van der Waals surface area contributed by atoms with Crippen LogP contribution in [0.25, 0.3) is 0 Å². The Morgan fingerprint density at radius 3 is 2.11 bits per heavy atom. The Kier molecular flexibility index (Phi) is 4.74. The van der Waals surface area contributed by atoms with E-state index in [-0.39, 0.29) is 0 Å². The van der Waals surface area contributed by atoms with Gasteiger partial charge in [0.05, 0.1) is 0 Å². The number of nitrogens with zero attached hydrogens (tertiary/aromatic N) is 3. The average Bonchev–Trinajstić information content (AvgIpc) is 2.63. The van der Waals surface area contributed by atoms with Crippen LogP contribution in [0, 0.1) is 0 Å². The van der Waals surface area contributed by atoms with E-state index in [2.05, 4.69) is 26.9 Å². The van der Waals surface area contributed by atoms with E-state index in [9.17, 15) is 0 Å². The van der Waals surface area contributed by atoms with Gasteiger partial charge in [-0.2, -0.15) is 0 Å². The zero-order valence-electron chi connectivity index (χ0n) is 12.5. The first-order valence-electron chi connectivity index (χ1n) is 8.28. The lowest BCUT2D eigenvalue weighted by Gasteiger charge is -2.45. The maximum atomic E-state index is 3.39. The number of rotatable bonds is 3. The highest BCUT2D eigenvalue weighted by Gasteiger charge is 2.30. The lowest BCUT2D eigenvalue weighted by atomic mass is 10.0. The molecule has 0 aromatic carbocycles. The van der Waals surface area contributed by atoms with Crippen molar-refractivity contribution in [2.75, 3.05) is 58.9 Å². The van der Waals surface area contributed by atoms with E-state index in [1.807, 2.05) is 0 Å². The second-order valence-corrected chi connectivity index (χ2v) is 6.40. The third-order valence-electron chi connectivity index (χ3n) is 5.38. The summed E-state index contributed by atoms with van der Waals surface area (Å²) in [6.07, 6.45) is 4.20. The molecule has 0 aromatic rings. The molecule has 0 spiro atoms. The van der Waals surface area contributed by atoms with Crippen LogP contribution in [0.1, 0.15) is 26.2 Å². The number of hydrogen-bond acceptors (Lipinski definition) is 4. The quantitative estimate of drug-likeness (QED) is 0.800. The Balaban J connectivity index is 1.45. The molecule has 1 N–H and O–H groups in total. The van der Waals surface area contributed by atoms with Crippen molar-refractivity contribution < 1.29 is 0 Å². The van der Waals surface area contributed by atoms with Gasteiger partial charge >= 0.3 is 0 Å². The van der Waals surface area contributed by atoms with Gasteiger partial charge in [0.25, 0.3) is 0 Å². The third kappa shape index (κ3) is 3.30. The normalized spacial score (nSPS) is 33.0. The highest BCUT2D eigenvalue weighted by atomic mass is 15.3. The topological polar surface area (TPSA) is 21.8 Å². The molecule has 3 aliphatic heterocycles. The van der Waals surface area contributed by atoms with Crippen LogP contribution in [0.2, 0.25) is 0 Å². The van der Waals surface area contributed by atoms with Gasteiger partial charge in [-0.05, 0) is 38.9 Å². The van der Waals surface area contributed by atoms with E-state index in [0.717, 1.165) is 12.1 Å². The van der Waals surface area contributed by atoms with Crippen LogP contribution in [0.15, 0.2) is 0 Å². The molecule has 1 unspecified atom stereocenters. The van der Waals surface area contributed by atoms with Crippen LogP contribution in [-0.4, -0.2) is 85.7 Å². The Labute approximate surface area is 118 Å². The van der Waals surface area contributed by atoms with Gasteiger partial charge in [0.2, 0.25) is 0 Å². The molecule has 110 valence electrons. The van der Waals surface area contributed by atoms with Crippen LogP contribution in [0.5, 0.6) is 0 Å². The van der Waals surface area contributed by atoms with Crippen molar-refractivity contribution in [2.24, 2.45) is 0 Å². The van der Waals surface area contributed by atoms with E-state index in [1.165, 1.54) is 78.2 Å². The second kappa shape index (κ2) is 6.53. The molecule has 3 fully saturated rings. The van der Waals surface area contributed by atoms with E-state index < -0.39 is 0 Å². The Hall–Kier alpha value is -0.160. The van der Waals surface area contributed by atoms with Crippen molar-refractivity contribution >= 4 is 0 Å². The molecule has 0 amide bonds. The van der Waals surface area contributed by atoms with Crippen molar-refractivity contribution in [1.82, 2.24) is 20.0 Å². The molecule has 0 aliphatic carbocycles. The minimum Gasteiger partial charge on any atom is -0.314 e. The molecular formula is C15H30N4. The van der Waals surface area contributed by atoms with Gasteiger partial charge in [0.15, 0.2) is 0 Å². The summed E-state index contributed by atoms with van der Waals surface area (Å²) < 4.78 is 0. The first-order valence-corrected chi connectivity index (χ1v) is 8.28. The number of nitrogens with one attached hydrogen (secondary N) is 1. The Morgan fingerprint density at radius 1 is 0.842 bits per heavy atom. The molecule has 3 rings (SSSR count). The lowest BCUT2D eigenvalue weighted by Crippen LogP contribution is -2.62. The van der Waals surface area contributed by atoms with Crippen molar-refractivity contribution in [2.45, 2.75) is 38.3 Å². The maximum absolute atomic E-state index is 3.39. The van der Waals surface area contributed by atoms with E-state index in [4.69, 9.17) is 0 Å². The van der Waals surface area contributed by atoms with Crippen LogP contribution in [0.3, 0.4) is 0 Å². The summed E-state index contributed by atoms with van der Waals surface area (Å²) in [5, 5.41) is 3.39. The fourth-order valence-corrected chi connectivity index (χ4v) is 3.82. The summed E-state index contributed by atoms with van der Waals surface area (Å²) in [6.45, 7) is 13.8. The summed E-state index contributed by atoms with van der Waals surface area (Å²) in [5.74, 6) is 0. The predicted molar refractivity (Wildman–Crippen MR) is 79.6 cm³/mol. The Bertz CT molecular complexity index is 271. The highest BCUT2D eigenvalue weighted by Crippen LogP contribution is 2.19. The molecule has 19 heavy (non-hydrogen) atoms. The molecular weight excluding hydrogens is 236 g/mol. The first-order chi connectivity index (χ1) is 9.36. The summed E-state index contributed by atoms with van der Waals surface area (Å²) in [6, 6.07) is 1.70. The van der Waals surface area contributed by atoms with Gasteiger partial charge in [0, 0.05) is 51.4 Å². The molecule has 4 nitrogen and oxygen atoms in total. The SMILES string of the molecule is CCN1CCCC(N2CCN(C3CNC3)CC2)CC1. The average molecular weight is 266 g/mol. The smallest absolute Gasteiger partial charge is 0.0346 e. The predicted octanol–water partition coefficient (Wildman–Crippen LogP) is 0.450. The van der Waals surface area contributed by atoms with Gasteiger partial charge in [-0.3, -0.25) is 9.80 Å². The fraction of sp³-hybridized carbons (Fsp3) is 1.00. The third-order valence-corrected chi connectivity index (χ3v) is 5.38. The van der Waals surface area contributed by atoms with Crippen LogP contribution < -0.4 is 5.32 Å². The fourth-order valence-electron chi connectivity index (χ4n) is 3.82. The van der Waals surface area contributed by atoms with Crippen molar-refractivity contribution in [3.8, 4) is 0 Å². The minimum absolute atomic E-state index is 0.840. The monoisotopic (exact) mass is 266 g/mol. The zero-order chi connectivity index (χ0) is 13.1. The van der Waals surface area contributed by atoms with E-state index >= 15 is 0 Å². The lowest BCUT2D eigenvalue weighted by molar-refractivity contribution is 0.0479. The van der Waals surface area contributed by atoms with Gasteiger partial charge < -0.3 is 10.2 Å². The maximum Gasteiger partial charge on any atom is 0.0346 e. The number of likely N-dealkylation sites (tertiary alicyclic amines) is 1. The van der Waals surface area contributed by atoms with Crippen molar-refractivity contribution in [3.63, 3.8) is 0 Å². The largest absolute Gasteiger partial charge is 0.314 e. The Morgan fingerprint density at radius 2 is 1.53 bits per heavy atom. The molecule has 0 radical (unpaired) electrons. The molecule has 0 bridgehead atoms. The summed E-state index contributed by atoms with van der Waals surface area (Å²) in [7, 11) is 0. The zero-order valence-corrected chi connectivity index (χ0v) is 12.5. The molecule has 3 heterocycles. The second-order valence-electron chi connectivity index (χ2n) is 6.40. The first kappa shape index (κ1) is 13.8. The van der Waals surface area contributed by atoms with Crippen molar-refractivity contribution in [1.29, 1.82) is 0 Å². The van der Waals surface area contributed by atoms with Crippen LogP contribution in [-0.2, 0) is 0 Å². The van der Waals surface area contributed by atoms with Gasteiger partial charge in [-0.25, -0.2) is 0 Å². The van der Waals surface area contributed by atoms with Crippen LogP contribution in [0.4, 0.5) is 0 Å². The van der Waals surface area contributed by atoms with Gasteiger partial charge in [-0.1, -0.05) is 6.92 Å². The van der Waals surface area contributed by atoms with Crippen LogP contribution >= 0.6 is 0 Å². The highest BCUT2D eigenvalue weighted by molar-refractivity contribution is 4.89. The van der Waals surface area contributed by atoms with E-state index in [1.54, 1.807) is 0 Å². The molecule has 1 atom stereocenters. The molecule has 0 aromatic heterocycles. The summed E-state index contributed by atoms with van der Waals surface area (Å²) >= 11 is 0. The standard InChI is InChI=1S/C15H30N4/c1-2-17-6-3-4-14(5-7-17)18-8-10-19(11-9-18)15-12-16-13-15/h14-16H,2-13H2,1H3. The van der Waals surface area contributed by atoms with E-state index in [0.29, 0.717) is 0 Å². The minimum atomic E-state index is 0.840. The van der Waals surface area contributed by atoms with Crippen molar-refractivity contribution in [3.05, 3.63) is 0 Å². The summed E-state index contributed by atoms with van der Waals surface area (Å²) in [4.78, 5) is 8.10. The molecule has 3 saturated heterocycles. The number of hydrogen-bond donors (Lipinski definition) is 1.